The zero-order valence-corrected chi connectivity index (χ0v) is 16.4. The second kappa shape index (κ2) is 5.87. The van der Waals surface area contributed by atoms with Crippen LogP contribution in [0.4, 0.5) is 0 Å². The molecule has 8 heteroatoms. The summed E-state index contributed by atoms with van der Waals surface area (Å²) in [4.78, 5) is 14.1. The van der Waals surface area contributed by atoms with E-state index < -0.39 is 27.5 Å². The van der Waals surface area contributed by atoms with Gasteiger partial charge >= 0.3 is 0 Å². The van der Waals surface area contributed by atoms with Crippen molar-refractivity contribution in [2.24, 2.45) is 17.8 Å². The fourth-order valence-corrected chi connectivity index (χ4v) is 7.06. The number of ether oxygens (including phenoxy) is 2. The Morgan fingerprint density at radius 2 is 1.85 bits per heavy atom. The molecule has 7 atom stereocenters. The summed E-state index contributed by atoms with van der Waals surface area (Å²) in [5.41, 5.74) is -0.522. The maximum Gasteiger partial charge on any atom is 0.201 e. The van der Waals surface area contributed by atoms with E-state index in [4.69, 9.17) is 19.2 Å². The Hall–Kier alpha value is -0.250. The first kappa shape index (κ1) is 17.8. The number of fused-ring (bicyclic) bond motifs is 2. The molecule has 0 N–H and O–H groups in total. The fraction of sp³-hybridized carbons (Fsp3) is 1.00. The summed E-state index contributed by atoms with van der Waals surface area (Å²) in [6.07, 6.45) is 4.40. The SMILES string of the molecule is CC1CC[C@H]2CC(N3CCS(=O)(=O)CC3)OC3O[C@]4(C)CC[C@@H]1C32OO4. The van der Waals surface area contributed by atoms with Gasteiger partial charge in [-0.05, 0) is 44.4 Å². The summed E-state index contributed by atoms with van der Waals surface area (Å²) in [6.45, 7) is 5.30. The van der Waals surface area contributed by atoms with Crippen LogP contribution < -0.4 is 0 Å². The molecular weight excluding hydrogens is 358 g/mol. The molecule has 0 aromatic rings. The Bertz CT molecular complexity index is 667. The molecule has 6 aliphatic rings. The molecular formula is C18H29NO6S. The Kier molecular flexibility index (Phi) is 4.03. The zero-order valence-electron chi connectivity index (χ0n) is 15.6. The van der Waals surface area contributed by atoms with Gasteiger partial charge in [0.25, 0.3) is 0 Å². The van der Waals surface area contributed by atoms with Crippen LogP contribution in [0.3, 0.4) is 0 Å². The lowest BCUT2D eigenvalue weighted by atomic mass is 9.60. The average Bonchev–Trinajstić information content (AvgIpc) is 2.82. The van der Waals surface area contributed by atoms with Crippen molar-refractivity contribution in [1.82, 2.24) is 4.90 Å². The van der Waals surface area contributed by atoms with Gasteiger partial charge in [-0.15, -0.1) is 0 Å². The van der Waals surface area contributed by atoms with Crippen LogP contribution in [-0.4, -0.2) is 61.8 Å². The van der Waals surface area contributed by atoms with Gasteiger partial charge in [0, 0.05) is 25.4 Å². The third kappa shape index (κ3) is 2.60. The smallest absolute Gasteiger partial charge is 0.201 e. The second-order valence-corrected chi connectivity index (χ2v) is 11.3. The molecule has 1 aliphatic carbocycles. The lowest BCUT2D eigenvalue weighted by Gasteiger charge is -2.59. The normalized spacial score (nSPS) is 53.7. The van der Waals surface area contributed by atoms with Crippen molar-refractivity contribution in [3.8, 4) is 0 Å². The summed E-state index contributed by atoms with van der Waals surface area (Å²) in [5.74, 6) is 0.912. The van der Waals surface area contributed by atoms with E-state index in [1.54, 1.807) is 0 Å². The van der Waals surface area contributed by atoms with Crippen molar-refractivity contribution < 1.29 is 27.7 Å². The van der Waals surface area contributed by atoms with Crippen molar-refractivity contribution in [3.05, 3.63) is 0 Å². The number of nitrogens with zero attached hydrogens (tertiary/aromatic N) is 1. The lowest BCUT2D eigenvalue weighted by molar-refractivity contribution is -0.570. The summed E-state index contributed by atoms with van der Waals surface area (Å²) >= 11 is 0. The number of hydrogen-bond donors (Lipinski definition) is 0. The third-order valence-electron chi connectivity index (χ3n) is 7.42. The monoisotopic (exact) mass is 387 g/mol. The van der Waals surface area contributed by atoms with E-state index in [1.165, 1.54) is 6.42 Å². The van der Waals surface area contributed by atoms with Gasteiger partial charge in [-0.25, -0.2) is 18.2 Å². The molecule has 0 aromatic carbocycles. The van der Waals surface area contributed by atoms with Crippen molar-refractivity contribution in [2.75, 3.05) is 24.6 Å². The predicted octanol–water partition coefficient (Wildman–Crippen LogP) is 1.68. The average molecular weight is 387 g/mol. The molecule has 5 aliphatic heterocycles. The third-order valence-corrected chi connectivity index (χ3v) is 9.03. The van der Waals surface area contributed by atoms with Gasteiger partial charge in [0.1, 0.15) is 6.23 Å². The van der Waals surface area contributed by atoms with Crippen molar-refractivity contribution in [1.29, 1.82) is 0 Å². The zero-order chi connectivity index (χ0) is 18.2. The summed E-state index contributed by atoms with van der Waals surface area (Å²) < 4.78 is 36.3. The van der Waals surface area contributed by atoms with Crippen molar-refractivity contribution in [3.63, 3.8) is 0 Å². The molecule has 148 valence electrons. The van der Waals surface area contributed by atoms with Crippen LogP contribution in [0.2, 0.25) is 0 Å². The summed E-state index contributed by atoms with van der Waals surface area (Å²) in [7, 11) is -2.90. The quantitative estimate of drug-likeness (QED) is 0.634. The minimum Gasteiger partial charge on any atom is -0.331 e. The Morgan fingerprint density at radius 1 is 1.08 bits per heavy atom. The van der Waals surface area contributed by atoms with Crippen molar-refractivity contribution >= 4 is 9.84 Å². The van der Waals surface area contributed by atoms with Crippen LogP contribution >= 0.6 is 0 Å². The van der Waals surface area contributed by atoms with Gasteiger partial charge in [-0.3, -0.25) is 4.90 Å². The molecule has 5 saturated heterocycles. The van der Waals surface area contributed by atoms with E-state index in [2.05, 4.69) is 11.8 Å². The predicted molar refractivity (Wildman–Crippen MR) is 92.5 cm³/mol. The van der Waals surface area contributed by atoms with E-state index in [1.807, 2.05) is 6.92 Å². The summed E-state index contributed by atoms with van der Waals surface area (Å²) in [6, 6.07) is 0. The minimum absolute atomic E-state index is 0.105. The highest BCUT2D eigenvalue weighted by Gasteiger charge is 2.68. The lowest BCUT2D eigenvalue weighted by Crippen LogP contribution is -2.70. The van der Waals surface area contributed by atoms with Crippen LogP contribution in [0.25, 0.3) is 0 Å². The Morgan fingerprint density at radius 3 is 2.62 bits per heavy atom. The minimum atomic E-state index is -2.90. The Labute approximate surface area is 155 Å². The molecule has 6 fully saturated rings. The maximum atomic E-state index is 11.8. The van der Waals surface area contributed by atoms with E-state index in [0.29, 0.717) is 30.8 Å². The molecule has 5 heterocycles. The topological polar surface area (TPSA) is 74.3 Å². The molecule has 6 rings (SSSR count). The molecule has 7 nitrogen and oxygen atoms in total. The van der Waals surface area contributed by atoms with E-state index in [0.717, 1.165) is 25.7 Å². The van der Waals surface area contributed by atoms with Gasteiger partial charge in [-0.2, -0.15) is 0 Å². The van der Waals surface area contributed by atoms with Gasteiger partial charge < -0.3 is 9.47 Å². The number of hydrogen-bond acceptors (Lipinski definition) is 7. The van der Waals surface area contributed by atoms with Crippen LogP contribution in [0.5, 0.6) is 0 Å². The first-order valence-corrected chi connectivity index (χ1v) is 11.8. The van der Waals surface area contributed by atoms with Crippen molar-refractivity contribution in [2.45, 2.75) is 69.9 Å². The maximum absolute atomic E-state index is 11.8. The fourth-order valence-electron chi connectivity index (χ4n) is 5.83. The highest BCUT2D eigenvalue weighted by atomic mass is 32.2. The second-order valence-electron chi connectivity index (χ2n) is 9.01. The first-order valence-electron chi connectivity index (χ1n) is 9.96. The van der Waals surface area contributed by atoms with E-state index >= 15 is 0 Å². The molecule has 0 aromatic heterocycles. The molecule has 0 amide bonds. The number of sulfone groups is 1. The van der Waals surface area contributed by atoms with Crippen LogP contribution in [-0.2, 0) is 29.1 Å². The van der Waals surface area contributed by atoms with E-state index in [-0.39, 0.29) is 17.7 Å². The van der Waals surface area contributed by atoms with Gasteiger partial charge in [0.15, 0.2) is 21.7 Å². The van der Waals surface area contributed by atoms with Gasteiger partial charge in [0.2, 0.25) is 5.79 Å². The number of rotatable bonds is 1. The molecule has 4 unspecified atom stereocenters. The highest BCUT2D eigenvalue weighted by molar-refractivity contribution is 7.91. The van der Waals surface area contributed by atoms with Crippen LogP contribution in [0.1, 0.15) is 46.0 Å². The van der Waals surface area contributed by atoms with Gasteiger partial charge in [0.05, 0.1) is 11.5 Å². The highest BCUT2D eigenvalue weighted by Crippen LogP contribution is 2.59. The molecule has 2 bridgehead atoms. The van der Waals surface area contributed by atoms with E-state index in [9.17, 15) is 8.42 Å². The molecule has 0 radical (unpaired) electrons. The molecule has 26 heavy (non-hydrogen) atoms. The molecule has 1 spiro atoms. The first-order chi connectivity index (χ1) is 12.3. The molecule has 1 saturated carbocycles. The van der Waals surface area contributed by atoms with Gasteiger partial charge in [-0.1, -0.05) is 6.92 Å². The largest absolute Gasteiger partial charge is 0.331 e. The standard InChI is InChI=1S/C18H29NO6S/c1-12-3-4-13-11-15(19-7-9-26(20,21)10-8-19)22-16-18(13)14(12)5-6-17(2,23-16)24-25-18/h12-16H,3-11H2,1-2H3/t12?,13-,14-,15?,16?,17-,18?/m0/s1. The Balaban J connectivity index is 1.44. The van der Waals surface area contributed by atoms with Crippen LogP contribution in [0.15, 0.2) is 0 Å². The van der Waals surface area contributed by atoms with Crippen LogP contribution in [0, 0.1) is 17.8 Å². The summed E-state index contributed by atoms with van der Waals surface area (Å²) in [5, 5.41) is 0.